The Bertz CT molecular complexity index is 200. The van der Waals surface area contributed by atoms with Crippen LogP contribution in [0.5, 0.6) is 0 Å². The standard InChI is InChI=1S/C7H13BF3O2S/c1-7(2,3)13-6(12)4-14-5-8(9,10)11/h4-5H2,1-3H3/q-1. The Kier molecular flexibility index (Phi) is 4.84. The third kappa shape index (κ3) is 9.76. The highest BCUT2D eigenvalue weighted by Gasteiger charge is 2.23. The summed E-state index contributed by atoms with van der Waals surface area (Å²) >= 11 is 0.537. The zero-order chi connectivity index (χ0) is 11.4. The van der Waals surface area contributed by atoms with Gasteiger partial charge in [0.25, 0.3) is 0 Å². The largest absolute Gasteiger partial charge is 0.488 e. The number of hydrogen-bond acceptors (Lipinski definition) is 3. The minimum Gasteiger partial charge on any atom is -0.459 e. The van der Waals surface area contributed by atoms with Gasteiger partial charge in [-0.2, -0.15) is 11.8 Å². The van der Waals surface area contributed by atoms with Crippen LogP contribution in [-0.2, 0) is 9.53 Å². The van der Waals surface area contributed by atoms with E-state index in [1.165, 1.54) is 0 Å². The molecule has 0 amide bonds. The fourth-order valence-electron chi connectivity index (χ4n) is 0.647. The van der Waals surface area contributed by atoms with Crippen LogP contribution in [0.25, 0.3) is 0 Å². The molecule has 0 aromatic rings. The molecule has 14 heavy (non-hydrogen) atoms. The molecule has 0 aliphatic carbocycles. The van der Waals surface area contributed by atoms with Crippen molar-refractivity contribution in [3.05, 3.63) is 0 Å². The minimum absolute atomic E-state index is 0.251. The molecule has 7 heteroatoms. The molecule has 0 aliphatic heterocycles. The van der Waals surface area contributed by atoms with Gasteiger partial charge in [-0.15, -0.1) is 0 Å². The molecule has 0 aromatic carbocycles. The van der Waals surface area contributed by atoms with Crippen molar-refractivity contribution in [2.24, 2.45) is 0 Å². The molecule has 0 unspecified atom stereocenters. The van der Waals surface area contributed by atoms with Crippen LogP contribution in [-0.4, -0.2) is 30.0 Å². The van der Waals surface area contributed by atoms with Crippen molar-refractivity contribution < 1.29 is 22.5 Å². The van der Waals surface area contributed by atoms with Gasteiger partial charge in [0.15, 0.2) is 0 Å². The average molecular weight is 229 g/mol. The molecule has 0 aliphatic rings. The Hall–Kier alpha value is -0.325. The van der Waals surface area contributed by atoms with Crippen molar-refractivity contribution >= 4 is 24.7 Å². The molecular weight excluding hydrogens is 216 g/mol. The van der Waals surface area contributed by atoms with E-state index in [1.54, 1.807) is 20.8 Å². The number of thioether (sulfide) groups is 1. The van der Waals surface area contributed by atoms with Crippen molar-refractivity contribution in [3.8, 4) is 0 Å². The number of halogens is 3. The topological polar surface area (TPSA) is 26.3 Å². The Labute approximate surface area is 85.6 Å². The van der Waals surface area contributed by atoms with E-state index in [-0.39, 0.29) is 5.75 Å². The molecule has 0 heterocycles. The average Bonchev–Trinajstić information content (AvgIpc) is 1.78. The third-order valence-corrected chi connectivity index (χ3v) is 2.00. The molecule has 0 atom stereocenters. The number of hydrogen-bond donors (Lipinski definition) is 0. The van der Waals surface area contributed by atoms with E-state index in [1.807, 2.05) is 0 Å². The van der Waals surface area contributed by atoms with Gasteiger partial charge in [-0.1, -0.05) is 0 Å². The molecule has 84 valence electrons. The number of carbonyl (C=O) groups excluding carboxylic acids is 1. The lowest BCUT2D eigenvalue weighted by molar-refractivity contribution is -0.151. The first-order valence-electron chi connectivity index (χ1n) is 4.11. The Morgan fingerprint density at radius 2 is 1.86 bits per heavy atom. The molecule has 0 spiro atoms. The van der Waals surface area contributed by atoms with Crippen molar-refractivity contribution in [1.29, 1.82) is 0 Å². The molecule has 0 radical (unpaired) electrons. The first-order valence-corrected chi connectivity index (χ1v) is 5.26. The van der Waals surface area contributed by atoms with E-state index in [4.69, 9.17) is 4.74 Å². The highest BCUT2D eigenvalue weighted by molar-refractivity contribution is 8.01. The lowest BCUT2D eigenvalue weighted by atomic mass is 9.98. The highest BCUT2D eigenvalue weighted by atomic mass is 32.2. The van der Waals surface area contributed by atoms with E-state index >= 15 is 0 Å². The quantitative estimate of drug-likeness (QED) is 0.547. The molecule has 0 bridgehead atoms. The van der Waals surface area contributed by atoms with Crippen LogP contribution in [0, 0.1) is 0 Å². The Balaban J connectivity index is 3.66. The normalized spacial score (nSPS) is 12.7. The van der Waals surface area contributed by atoms with E-state index in [0.29, 0.717) is 11.8 Å². The number of ether oxygens (including phenoxy) is 1. The summed E-state index contributed by atoms with van der Waals surface area (Å²) in [5.41, 5.74) is -1.60. The summed E-state index contributed by atoms with van der Waals surface area (Å²) in [6.45, 7) is 0.196. The van der Waals surface area contributed by atoms with Crippen LogP contribution in [0.2, 0.25) is 0 Å². The van der Waals surface area contributed by atoms with Crippen LogP contribution in [0.1, 0.15) is 20.8 Å². The lowest BCUT2D eigenvalue weighted by Crippen LogP contribution is -2.26. The molecule has 2 nitrogen and oxygen atoms in total. The zero-order valence-corrected chi connectivity index (χ0v) is 9.17. The molecule has 0 saturated carbocycles. The van der Waals surface area contributed by atoms with Crippen LogP contribution in [0.4, 0.5) is 12.9 Å². The van der Waals surface area contributed by atoms with Crippen LogP contribution < -0.4 is 0 Å². The molecule has 0 rings (SSSR count). The van der Waals surface area contributed by atoms with Gasteiger partial charge in [-0.05, 0) is 26.4 Å². The maximum atomic E-state index is 11.7. The maximum Gasteiger partial charge on any atom is 0.488 e. The fraction of sp³-hybridized carbons (Fsp3) is 0.857. The monoisotopic (exact) mass is 229 g/mol. The first kappa shape index (κ1) is 13.7. The predicted molar refractivity (Wildman–Crippen MR) is 52.2 cm³/mol. The summed E-state index contributed by atoms with van der Waals surface area (Å²) < 4.78 is 40.0. The van der Waals surface area contributed by atoms with Gasteiger partial charge in [0.2, 0.25) is 0 Å². The van der Waals surface area contributed by atoms with E-state index in [2.05, 4.69) is 0 Å². The Morgan fingerprint density at radius 1 is 1.36 bits per heavy atom. The summed E-state index contributed by atoms with van der Waals surface area (Å²) in [5.74, 6) is -0.860. The van der Waals surface area contributed by atoms with E-state index in [0.717, 1.165) is 0 Å². The van der Waals surface area contributed by atoms with E-state index < -0.39 is 24.2 Å². The van der Waals surface area contributed by atoms with Crippen molar-refractivity contribution in [2.45, 2.75) is 26.4 Å². The number of esters is 1. The van der Waals surface area contributed by atoms with Gasteiger partial charge >= 0.3 is 12.9 Å². The first-order chi connectivity index (χ1) is 6.10. The zero-order valence-electron chi connectivity index (χ0n) is 8.35. The summed E-state index contributed by atoms with van der Waals surface area (Å²) in [6.07, 6.45) is 0. The van der Waals surface area contributed by atoms with Crippen molar-refractivity contribution in [2.75, 3.05) is 11.4 Å². The minimum atomic E-state index is -4.81. The smallest absolute Gasteiger partial charge is 0.459 e. The number of carbonyl (C=O) groups is 1. The van der Waals surface area contributed by atoms with Gasteiger partial charge in [0.05, 0.1) is 5.75 Å². The van der Waals surface area contributed by atoms with Gasteiger partial charge in [-0.25, -0.2) is 0 Å². The molecule has 0 saturated heterocycles. The predicted octanol–water partition coefficient (Wildman–Crippen LogP) is 2.45. The highest BCUT2D eigenvalue weighted by Crippen LogP contribution is 2.17. The summed E-state index contributed by atoms with van der Waals surface area (Å²) in [4.78, 5) is 10.9. The lowest BCUT2D eigenvalue weighted by Gasteiger charge is -2.19. The van der Waals surface area contributed by atoms with Gasteiger partial charge < -0.3 is 17.7 Å². The SMILES string of the molecule is CC(C)(C)OC(=O)CSC[B-](F)(F)F. The van der Waals surface area contributed by atoms with E-state index in [9.17, 15) is 17.7 Å². The maximum absolute atomic E-state index is 11.7. The fourth-order valence-corrected chi connectivity index (χ4v) is 1.26. The van der Waals surface area contributed by atoms with Crippen LogP contribution in [0.15, 0.2) is 0 Å². The second kappa shape index (κ2) is 4.95. The summed E-state index contributed by atoms with van der Waals surface area (Å²) in [7, 11) is 0. The molecule has 0 fully saturated rings. The Morgan fingerprint density at radius 3 is 2.21 bits per heavy atom. The van der Waals surface area contributed by atoms with Crippen molar-refractivity contribution in [1.82, 2.24) is 0 Å². The third-order valence-electron chi connectivity index (χ3n) is 0.947. The number of rotatable bonds is 4. The second-order valence-electron chi connectivity index (χ2n) is 3.81. The van der Waals surface area contributed by atoms with Gasteiger partial charge in [0, 0.05) is 0 Å². The molecular formula is C7H13BF3O2S-. The van der Waals surface area contributed by atoms with Gasteiger partial charge in [0.1, 0.15) is 5.60 Å². The van der Waals surface area contributed by atoms with Crippen LogP contribution in [0.3, 0.4) is 0 Å². The summed E-state index contributed by atoms with van der Waals surface area (Å²) in [5, 5.41) is 0. The van der Waals surface area contributed by atoms with Gasteiger partial charge in [-0.3, -0.25) is 4.79 Å². The molecule has 0 N–H and O–H groups in total. The second-order valence-corrected chi connectivity index (χ2v) is 4.84. The molecule has 0 aromatic heterocycles. The summed E-state index contributed by atoms with van der Waals surface area (Å²) in [6, 6.07) is 0. The van der Waals surface area contributed by atoms with Crippen molar-refractivity contribution in [3.63, 3.8) is 0 Å². The van der Waals surface area contributed by atoms with Crippen LogP contribution >= 0.6 is 11.8 Å².